The molecule has 118 valence electrons. The zero-order chi connectivity index (χ0) is 15.7. The second kappa shape index (κ2) is 6.08. The van der Waals surface area contributed by atoms with Crippen LogP contribution in [0.5, 0.6) is 0 Å². The number of nitrogens with two attached hydrogens (primary N) is 1. The highest BCUT2D eigenvalue weighted by Gasteiger charge is 2.42. The zero-order valence-corrected chi connectivity index (χ0v) is 13.0. The summed E-state index contributed by atoms with van der Waals surface area (Å²) in [5.41, 5.74) is 7.70. The summed E-state index contributed by atoms with van der Waals surface area (Å²) in [5, 5.41) is 0. The van der Waals surface area contributed by atoms with E-state index in [4.69, 9.17) is 5.73 Å². The third kappa shape index (κ3) is 2.61. The first-order valence-corrected chi connectivity index (χ1v) is 7.96. The van der Waals surface area contributed by atoms with Crippen LogP contribution >= 0.6 is 0 Å². The molecule has 0 bridgehead atoms. The van der Waals surface area contributed by atoms with E-state index < -0.39 is 0 Å². The Hall–Kier alpha value is -1.88. The van der Waals surface area contributed by atoms with E-state index in [0.29, 0.717) is 31.3 Å². The van der Waals surface area contributed by atoms with Crippen molar-refractivity contribution in [1.29, 1.82) is 0 Å². The van der Waals surface area contributed by atoms with Gasteiger partial charge < -0.3 is 15.5 Å². The van der Waals surface area contributed by atoms with Gasteiger partial charge in [0.25, 0.3) is 0 Å². The number of para-hydroxylation sites is 1. The van der Waals surface area contributed by atoms with Crippen LogP contribution in [0, 0.1) is 5.92 Å². The molecule has 2 amide bonds. The average molecular weight is 301 g/mol. The maximum atomic E-state index is 12.3. The Kier molecular flexibility index (Phi) is 4.16. The summed E-state index contributed by atoms with van der Waals surface area (Å²) in [7, 11) is 0. The number of hydrogen-bond donors (Lipinski definition) is 1. The van der Waals surface area contributed by atoms with Gasteiger partial charge in [0.05, 0.1) is 0 Å². The Morgan fingerprint density at radius 1 is 1.23 bits per heavy atom. The molecular formula is C17H23N3O2. The minimum Gasteiger partial charge on any atom is -0.342 e. The normalized spacial score (nSPS) is 23.2. The SMILES string of the molecule is CC(=O)N1CC2CN(C(=O)CCCN)CC2c2ccccc21. The Morgan fingerprint density at radius 3 is 2.73 bits per heavy atom. The van der Waals surface area contributed by atoms with Crippen LogP contribution in [-0.2, 0) is 9.59 Å². The second-order valence-corrected chi connectivity index (χ2v) is 6.25. The van der Waals surface area contributed by atoms with Crippen LogP contribution in [0.2, 0.25) is 0 Å². The number of likely N-dealkylation sites (tertiary alicyclic amines) is 1. The minimum atomic E-state index is 0.0683. The monoisotopic (exact) mass is 301 g/mol. The van der Waals surface area contributed by atoms with E-state index >= 15 is 0 Å². The Morgan fingerprint density at radius 2 is 2.00 bits per heavy atom. The molecule has 2 atom stereocenters. The standard InChI is InChI=1S/C17H23N3O2/c1-12(21)20-10-13-9-19(17(22)7-4-8-18)11-15(13)14-5-2-3-6-16(14)20/h2-3,5-6,13,15H,4,7-11,18H2,1H3. The van der Waals surface area contributed by atoms with Gasteiger partial charge >= 0.3 is 0 Å². The van der Waals surface area contributed by atoms with Crippen LogP contribution in [-0.4, -0.2) is 42.9 Å². The fourth-order valence-corrected chi connectivity index (χ4v) is 3.70. The quantitative estimate of drug-likeness (QED) is 0.916. The smallest absolute Gasteiger partial charge is 0.223 e. The zero-order valence-electron chi connectivity index (χ0n) is 13.0. The Balaban J connectivity index is 1.83. The molecule has 1 aromatic rings. The van der Waals surface area contributed by atoms with Crippen molar-refractivity contribution in [2.75, 3.05) is 31.1 Å². The lowest BCUT2D eigenvalue weighted by molar-refractivity contribution is -0.130. The molecular weight excluding hydrogens is 278 g/mol. The average Bonchev–Trinajstić information content (AvgIpc) is 2.96. The van der Waals surface area contributed by atoms with Gasteiger partial charge in [-0.2, -0.15) is 0 Å². The van der Waals surface area contributed by atoms with Crippen molar-refractivity contribution >= 4 is 17.5 Å². The summed E-state index contributed by atoms with van der Waals surface area (Å²) in [6.07, 6.45) is 1.26. The van der Waals surface area contributed by atoms with Gasteiger partial charge in [-0.3, -0.25) is 9.59 Å². The van der Waals surface area contributed by atoms with E-state index in [1.165, 1.54) is 5.56 Å². The highest BCUT2D eigenvalue weighted by atomic mass is 16.2. The van der Waals surface area contributed by atoms with E-state index in [2.05, 4.69) is 6.07 Å². The molecule has 2 unspecified atom stereocenters. The molecule has 22 heavy (non-hydrogen) atoms. The molecule has 0 aliphatic carbocycles. The fraction of sp³-hybridized carbons (Fsp3) is 0.529. The van der Waals surface area contributed by atoms with E-state index in [1.54, 1.807) is 6.92 Å². The van der Waals surface area contributed by atoms with Gasteiger partial charge in [-0.05, 0) is 24.6 Å². The largest absolute Gasteiger partial charge is 0.342 e. The summed E-state index contributed by atoms with van der Waals surface area (Å²) < 4.78 is 0. The van der Waals surface area contributed by atoms with Crippen molar-refractivity contribution < 1.29 is 9.59 Å². The van der Waals surface area contributed by atoms with Crippen molar-refractivity contribution in [3.05, 3.63) is 29.8 Å². The van der Waals surface area contributed by atoms with Crippen LogP contribution in [0.15, 0.2) is 24.3 Å². The van der Waals surface area contributed by atoms with Crippen LogP contribution < -0.4 is 10.6 Å². The van der Waals surface area contributed by atoms with Gasteiger partial charge in [-0.15, -0.1) is 0 Å². The summed E-state index contributed by atoms with van der Waals surface area (Å²) in [5.74, 6) is 0.930. The second-order valence-electron chi connectivity index (χ2n) is 6.25. The molecule has 1 fully saturated rings. The predicted molar refractivity (Wildman–Crippen MR) is 85.6 cm³/mol. The Labute approximate surface area is 131 Å². The highest BCUT2D eigenvalue weighted by molar-refractivity contribution is 5.93. The number of hydrogen-bond acceptors (Lipinski definition) is 3. The van der Waals surface area contributed by atoms with E-state index in [0.717, 1.165) is 25.2 Å². The molecule has 3 rings (SSSR count). The van der Waals surface area contributed by atoms with Crippen LogP contribution in [0.25, 0.3) is 0 Å². The lowest BCUT2D eigenvalue weighted by Gasteiger charge is -2.35. The number of carbonyl (C=O) groups excluding carboxylic acids is 2. The van der Waals surface area contributed by atoms with Gasteiger partial charge in [0.2, 0.25) is 11.8 Å². The molecule has 0 spiro atoms. The van der Waals surface area contributed by atoms with Crippen molar-refractivity contribution in [3.8, 4) is 0 Å². The maximum Gasteiger partial charge on any atom is 0.223 e. The topological polar surface area (TPSA) is 66.6 Å². The molecule has 0 radical (unpaired) electrons. The molecule has 2 aliphatic rings. The molecule has 1 saturated heterocycles. The van der Waals surface area contributed by atoms with E-state index in [1.807, 2.05) is 28.0 Å². The first-order valence-electron chi connectivity index (χ1n) is 7.96. The highest BCUT2D eigenvalue weighted by Crippen LogP contribution is 2.42. The van der Waals surface area contributed by atoms with E-state index in [9.17, 15) is 9.59 Å². The summed E-state index contributed by atoms with van der Waals surface area (Å²) >= 11 is 0. The number of amides is 2. The number of anilines is 1. The molecule has 5 nitrogen and oxygen atoms in total. The maximum absolute atomic E-state index is 12.3. The number of nitrogens with zero attached hydrogens (tertiary/aromatic N) is 2. The number of rotatable bonds is 3. The first-order chi connectivity index (χ1) is 10.6. The van der Waals surface area contributed by atoms with Crippen molar-refractivity contribution in [2.24, 2.45) is 11.7 Å². The van der Waals surface area contributed by atoms with Crippen molar-refractivity contribution in [3.63, 3.8) is 0 Å². The van der Waals surface area contributed by atoms with Crippen molar-refractivity contribution in [2.45, 2.75) is 25.7 Å². The number of benzene rings is 1. The van der Waals surface area contributed by atoms with E-state index in [-0.39, 0.29) is 11.8 Å². The predicted octanol–water partition coefficient (Wildman–Crippen LogP) is 1.33. The van der Waals surface area contributed by atoms with Crippen LogP contribution in [0.4, 0.5) is 5.69 Å². The lowest BCUT2D eigenvalue weighted by atomic mass is 9.84. The van der Waals surface area contributed by atoms with Gasteiger partial charge in [0.1, 0.15) is 0 Å². The molecule has 1 aromatic carbocycles. The lowest BCUT2D eigenvalue weighted by Crippen LogP contribution is -2.40. The first kappa shape index (κ1) is 15.0. The molecule has 0 aromatic heterocycles. The number of fused-ring (bicyclic) bond motifs is 3. The third-order valence-electron chi connectivity index (χ3n) is 4.81. The summed E-state index contributed by atoms with van der Waals surface area (Å²) in [6.45, 7) is 4.37. The Bertz CT molecular complexity index is 587. The van der Waals surface area contributed by atoms with Crippen LogP contribution in [0.3, 0.4) is 0 Å². The molecule has 2 heterocycles. The molecule has 2 aliphatic heterocycles. The summed E-state index contributed by atoms with van der Waals surface area (Å²) in [6, 6.07) is 8.08. The molecule has 2 N–H and O–H groups in total. The summed E-state index contributed by atoms with van der Waals surface area (Å²) in [4.78, 5) is 28.0. The van der Waals surface area contributed by atoms with Gasteiger partial charge in [-0.1, -0.05) is 18.2 Å². The van der Waals surface area contributed by atoms with Crippen molar-refractivity contribution in [1.82, 2.24) is 4.90 Å². The molecule has 0 saturated carbocycles. The molecule has 5 heteroatoms. The van der Waals surface area contributed by atoms with Gasteiger partial charge in [0.15, 0.2) is 0 Å². The van der Waals surface area contributed by atoms with Gasteiger partial charge in [0, 0.05) is 50.5 Å². The van der Waals surface area contributed by atoms with Crippen LogP contribution in [0.1, 0.15) is 31.2 Å². The number of carbonyl (C=O) groups is 2. The third-order valence-corrected chi connectivity index (χ3v) is 4.81. The van der Waals surface area contributed by atoms with Gasteiger partial charge in [-0.25, -0.2) is 0 Å². The fourth-order valence-electron chi connectivity index (χ4n) is 3.70. The minimum absolute atomic E-state index is 0.0683.